The lowest BCUT2D eigenvalue weighted by Gasteiger charge is -2.21. The normalized spacial score (nSPS) is 16.0. The fraction of sp³-hybridized carbons (Fsp3) is 0.316. The molecule has 0 aliphatic carbocycles. The Morgan fingerprint density at radius 3 is 2.11 bits per heavy atom. The minimum atomic E-state index is -3.25. The summed E-state index contributed by atoms with van der Waals surface area (Å²) < 4.78 is 43.3. The summed E-state index contributed by atoms with van der Waals surface area (Å²) in [5.74, 6) is 0.565. The van der Waals surface area contributed by atoms with Crippen molar-refractivity contribution >= 4 is 15.9 Å². The minimum Gasteiger partial charge on any atom is -0.457 e. The molecule has 0 aromatic heterocycles. The minimum absolute atomic E-state index is 0.140. The van der Waals surface area contributed by atoms with Gasteiger partial charge in [-0.2, -0.15) is 0 Å². The third-order valence-corrected chi connectivity index (χ3v) is 5.66. The van der Waals surface area contributed by atoms with E-state index in [2.05, 4.69) is 0 Å². The van der Waals surface area contributed by atoms with Gasteiger partial charge in [-0.15, -0.1) is 0 Å². The molecule has 6 nitrogen and oxygen atoms in total. The van der Waals surface area contributed by atoms with Crippen LogP contribution in [0.25, 0.3) is 0 Å². The zero-order chi connectivity index (χ0) is 19.4. The molecule has 0 bridgehead atoms. The fourth-order valence-corrected chi connectivity index (χ4v) is 3.79. The third-order valence-electron chi connectivity index (χ3n) is 4.36. The highest BCUT2D eigenvalue weighted by Crippen LogP contribution is 2.22. The molecule has 1 aliphatic rings. The van der Waals surface area contributed by atoms with Gasteiger partial charge in [0, 0.05) is 31.7 Å². The summed E-state index contributed by atoms with van der Waals surface area (Å²) in [6, 6.07) is 12.4. The highest BCUT2D eigenvalue weighted by Gasteiger charge is 2.24. The van der Waals surface area contributed by atoms with Crippen molar-refractivity contribution in [3.8, 4) is 11.5 Å². The molecule has 144 valence electrons. The summed E-state index contributed by atoms with van der Waals surface area (Å²) in [6.07, 6.45) is 1.79. The third kappa shape index (κ3) is 5.05. The molecule has 8 heteroatoms. The molecule has 0 N–H and O–H groups in total. The summed E-state index contributed by atoms with van der Waals surface area (Å²) in [5, 5.41) is 0. The number of halogens is 1. The van der Waals surface area contributed by atoms with Crippen molar-refractivity contribution in [2.45, 2.75) is 6.42 Å². The number of carbonyl (C=O) groups is 1. The number of benzene rings is 2. The summed E-state index contributed by atoms with van der Waals surface area (Å²) in [4.78, 5) is 14.4. The molecular weight excluding hydrogens is 371 g/mol. The number of sulfonamides is 1. The molecule has 27 heavy (non-hydrogen) atoms. The van der Waals surface area contributed by atoms with Crippen molar-refractivity contribution in [2.75, 3.05) is 32.4 Å². The first-order valence-electron chi connectivity index (χ1n) is 8.61. The van der Waals surface area contributed by atoms with Crippen molar-refractivity contribution in [1.82, 2.24) is 9.21 Å². The number of nitrogens with zero attached hydrogens (tertiary/aromatic N) is 2. The van der Waals surface area contributed by atoms with Crippen LogP contribution in [0.2, 0.25) is 0 Å². The van der Waals surface area contributed by atoms with E-state index in [4.69, 9.17) is 4.74 Å². The van der Waals surface area contributed by atoms with Crippen LogP contribution in [-0.2, 0) is 10.0 Å². The standard InChI is InChI=1S/C19H21FN2O4S/c1-27(24,25)22-12-2-11-21(13-14-22)19(23)15-3-7-17(8-4-15)26-18-9-5-16(20)6-10-18/h3-10H,2,11-14H2,1H3. The van der Waals surface area contributed by atoms with Crippen LogP contribution in [-0.4, -0.2) is 56.0 Å². The van der Waals surface area contributed by atoms with E-state index in [9.17, 15) is 17.6 Å². The Bertz CT molecular complexity index is 898. The van der Waals surface area contributed by atoms with E-state index in [0.717, 1.165) is 0 Å². The van der Waals surface area contributed by atoms with Crippen LogP contribution in [0.3, 0.4) is 0 Å². The van der Waals surface area contributed by atoms with Gasteiger partial charge in [0.2, 0.25) is 10.0 Å². The van der Waals surface area contributed by atoms with Crippen LogP contribution < -0.4 is 4.74 Å². The quantitative estimate of drug-likeness (QED) is 0.802. The Balaban J connectivity index is 1.64. The average Bonchev–Trinajstić information content (AvgIpc) is 2.90. The number of hydrogen-bond donors (Lipinski definition) is 0. The van der Waals surface area contributed by atoms with Crippen LogP contribution in [0.4, 0.5) is 4.39 Å². The topological polar surface area (TPSA) is 66.9 Å². The molecule has 1 heterocycles. The van der Waals surface area contributed by atoms with Crippen molar-refractivity contribution in [3.05, 3.63) is 59.9 Å². The molecule has 3 rings (SSSR count). The number of rotatable bonds is 4. The molecule has 0 radical (unpaired) electrons. The Morgan fingerprint density at radius 1 is 0.926 bits per heavy atom. The summed E-state index contributed by atoms with van der Waals surface area (Å²) >= 11 is 0. The molecular formula is C19H21FN2O4S. The second kappa shape index (κ2) is 8.06. The number of ether oxygens (including phenoxy) is 1. The molecule has 1 fully saturated rings. The van der Waals surface area contributed by atoms with E-state index < -0.39 is 10.0 Å². The molecule has 2 aromatic carbocycles. The number of hydrogen-bond acceptors (Lipinski definition) is 4. The predicted octanol–water partition coefficient (Wildman–Crippen LogP) is 2.73. The van der Waals surface area contributed by atoms with Crippen molar-refractivity contribution in [2.24, 2.45) is 0 Å². The first kappa shape index (κ1) is 19.3. The van der Waals surface area contributed by atoms with Gasteiger partial charge in [0.05, 0.1) is 6.26 Å². The summed E-state index contributed by atoms with van der Waals surface area (Å²) in [5.41, 5.74) is 0.509. The molecule has 1 aliphatic heterocycles. The molecule has 0 saturated carbocycles. The molecule has 0 atom stereocenters. The lowest BCUT2D eigenvalue weighted by Crippen LogP contribution is -2.36. The van der Waals surface area contributed by atoms with Crippen LogP contribution in [0.5, 0.6) is 11.5 Å². The van der Waals surface area contributed by atoms with Gasteiger partial charge in [-0.25, -0.2) is 17.1 Å². The van der Waals surface area contributed by atoms with E-state index in [1.165, 1.54) is 34.8 Å². The Kier molecular flexibility index (Phi) is 5.76. The van der Waals surface area contributed by atoms with Gasteiger partial charge >= 0.3 is 0 Å². The van der Waals surface area contributed by atoms with Gasteiger partial charge in [-0.1, -0.05) is 0 Å². The predicted molar refractivity (Wildman–Crippen MR) is 99.9 cm³/mol. The SMILES string of the molecule is CS(=O)(=O)N1CCCN(C(=O)c2ccc(Oc3ccc(F)cc3)cc2)CC1. The highest BCUT2D eigenvalue weighted by molar-refractivity contribution is 7.88. The first-order valence-corrected chi connectivity index (χ1v) is 10.5. The largest absolute Gasteiger partial charge is 0.457 e. The monoisotopic (exact) mass is 392 g/mol. The second-order valence-corrected chi connectivity index (χ2v) is 8.37. The van der Waals surface area contributed by atoms with E-state index in [0.29, 0.717) is 49.7 Å². The lowest BCUT2D eigenvalue weighted by atomic mass is 10.2. The Hall–Kier alpha value is -2.45. The zero-order valence-electron chi connectivity index (χ0n) is 15.0. The van der Waals surface area contributed by atoms with E-state index >= 15 is 0 Å². The highest BCUT2D eigenvalue weighted by atomic mass is 32.2. The van der Waals surface area contributed by atoms with Crippen LogP contribution in [0, 0.1) is 5.82 Å². The zero-order valence-corrected chi connectivity index (χ0v) is 15.8. The van der Waals surface area contributed by atoms with Gasteiger partial charge in [0.15, 0.2) is 0 Å². The fourth-order valence-electron chi connectivity index (χ4n) is 2.92. The second-order valence-electron chi connectivity index (χ2n) is 6.39. The molecule has 0 spiro atoms. The lowest BCUT2D eigenvalue weighted by molar-refractivity contribution is 0.0764. The van der Waals surface area contributed by atoms with Crippen molar-refractivity contribution in [1.29, 1.82) is 0 Å². The summed E-state index contributed by atoms with van der Waals surface area (Å²) in [7, 11) is -3.25. The maximum atomic E-state index is 12.9. The van der Waals surface area contributed by atoms with Crippen LogP contribution >= 0.6 is 0 Å². The van der Waals surface area contributed by atoms with Crippen LogP contribution in [0.15, 0.2) is 48.5 Å². The number of carbonyl (C=O) groups excluding carboxylic acids is 1. The van der Waals surface area contributed by atoms with E-state index in [-0.39, 0.29) is 11.7 Å². The average molecular weight is 392 g/mol. The van der Waals surface area contributed by atoms with Crippen LogP contribution in [0.1, 0.15) is 16.8 Å². The van der Waals surface area contributed by atoms with E-state index in [1.54, 1.807) is 29.2 Å². The molecule has 2 aromatic rings. The van der Waals surface area contributed by atoms with Gasteiger partial charge in [0.1, 0.15) is 17.3 Å². The molecule has 1 amide bonds. The maximum absolute atomic E-state index is 12.9. The summed E-state index contributed by atoms with van der Waals surface area (Å²) in [6.45, 7) is 1.60. The Labute approximate surface area is 158 Å². The molecule has 1 saturated heterocycles. The number of amides is 1. The molecule has 0 unspecified atom stereocenters. The van der Waals surface area contributed by atoms with Gasteiger partial charge < -0.3 is 9.64 Å². The maximum Gasteiger partial charge on any atom is 0.253 e. The first-order chi connectivity index (χ1) is 12.8. The van der Waals surface area contributed by atoms with E-state index in [1.807, 2.05) is 0 Å². The van der Waals surface area contributed by atoms with Crippen molar-refractivity contribution in [3.63, 3.8) is 0 Å². The van der Waals surface area contributed by atoms with Gasteiger partial charge in [-0.3, -0.25) is 4.79 Å². The Morgan fingerprint density at radius 2 is 1.52 bits per heavy atom. The smallest absolute Gasteiger partial charge is 0.253 e. The van der Waals surface area contributed by atoms with Crippen molar-refractivity contribution < 1.29 is 22.3 Å². The van der Waals surface area contributed by atoms with Gasteiger partial charge in [-0.05, 0) is 55.0 Å². The van der Waals surface area contributed by atoms with Gasteiger partial charge in [0.25, 0.3) is 5.91 Å².